The summed E-state index contributed by atoms with van der Waals surface area (Å²) in [7, 11) is 1.63. The van der Waals surface area contributed by atoms with Gasteiger partial charge in [-0.15, -0.1) is 0 Å². The monoisotopic (exact) mass is 382 g/mol. The van der Waals surface area contributed by atoms with Gasteiger partial charge in [0.15, 0.2) is 0 Å². The molecule has 6 nitrogen and oxygen atoms in total. The Morgan fingerprint density at radius 3 is 2.29 bits per heavy atom. The molecule has 148 valence electrons. The molecule has 28 heavy (non-hydrogen) atoms. The van der Waals surface area contributed by atoms with Gasteiger partial charge in [0.25, 0.3) is 0 Å². The Kier molecular flexibility index (Phi) is 6.19. The first kappa shape index (κ1) is 19.7. The van der Waals surface area contributed by atoms with Gasteiger partial charge in [0.2, 0.25) is 5.91 Å². The molecule has 6 heteroatoms. The number of rotatable bonds is 6. The van der Waals surface area contributed by atoms with Gasteiger partial charge in [-0.05, 0) is 42.5 Å². The lowest BCUT2D eigenvalue weighted by Crippen LogP contribution is -2.52. The van der Waals surface area contributed by atoms with E-state index in [2.05, 4.69) is 5.32 Å². The van der Waals surface area contributed by atoms with E-state index in [1.807, 2.05) is 54.6 Å². The van der Waals surface area contributed by atoms with Crippen LogP contribution in [0.4, 0.5) is 4.79 Å². The highest BCUT2D eigenvalue weighted by molar-refractivity contribution is 5.88. The number of carbonyl (C=O) groups is 2. The fraction of sp³-hybridized carbons (Fsp3) is 0.364. The Bertz CT molecular complexity index is 797. The molecule has 0 aromatic heterocycles. The van der Waals surface area contributed by atoms with Gasteiger partial charge in [0.1, 0.15) is 5.75 Å². The van der Waals surface area contributed by atoms with Gasteiger partial charge in [0.05, 0.1) is 12.5 Å². The molecule has 0 saturated carbocycles. The number of likely N-dealkylation sites (tertiary alicyclic amines) is 1. The highest BCUT2D eigenvalue weighted by Gasteiger charge is 2.43. The first-order valence-corrected chi connectivity index (χ1v) is 9.50. The van der Waals surface area contributed by atoms with Crippen molar-refractivity contribution in [2.75, 3.05) is 26.7 Å². The number of amides is 2. The second-order valence-corrected chi connectivity index (χ2v) is 7.07. The molecule has 3 rings (SSSR count). The van der Waals surface area contributed by atoms with Crippen molar-refractivity contribution in [3.8, 4) is 5.75 Å². The van der Waals surface area contributed by atoms with E-state index in [1.165, 1.54) is 4.90 Å². The average molecular weight is 382 g/mol. The number of piperidine rings is 1. The lowest BCUT2D eigenvalue weighted by atomic mass is 9.72. The van der Waals surface area contributed by atoms with Crippen molar-refractivity contribution in [2.24, 2.45) is 0 Å². The molecule has 2 N–H and O–H groups in total. The van der Waals surface area contributed by atoms with E-state index in [0.717, 1.165) is 23.3 Å². The number of nitrogens with zero attached hydrogens (tertiary/aromatic N) is 1. The maximum Gasteiger partial charge on any atom is 0.407 e. The van der Waals surface area contributed by atoms with Gasteiger partial charge in [-0.1, -0.05) is 42.5 Å². The number of carboxylic acid groups (broad SMARTS) is 1. The Balaban J connectivity index is 1.68. The standard InChI is InChI=1S/C22H26N2O4/c1-28-19-9-7-17(8-10-19)11-14-23-20(25)22(18-5-3-2-4-6-18)12-15-24(16-13-22)21(26)27/h2-10H,11-16H2,1H3,(H,23,25)(H,26,27). The van der Waals surface area contributed by atoms with Crippen LogP contribution < -0.4 is 10.1 Å². The minimum atomic E-state index is -0.929. The number of ether oxygens (including phenoxy) is 1. The molecule has 1 fully saturated rings. The number of hydrogen-bond acceptors (Lipinski definition) is 3. The van der Waals surface area contributed by atoms with Crippen molar-refractivity contribution in [2.45, 2.75) is 24.7 Å². The molecule has 2 aromatic carbocycles. The van der Waals surface area contributed by atoms with E-state index in [9.17, 15) is 14.7 Å². The molecule has 1 saturated heterocycles. The van der Waals surface area contributed by atoms with Crippen LogP contribution in [0.1, 0.15) is 24.0 Å². The van der Waals surface area contributed by atoms with Crippen LogP contribution in [0.3, 0.4) is 0 Å². The van der Waals surface area contributed by atoms with Crippen molar-refractivity contribution >= 4 is 12.0 Å². The minimum absolute atomic E-state index is 0.0303. The van der Waals surface area contributed by atoms with Gasteiger partial charge >= 0.3 is 6.09 Å². The Hall–Kier alpha value is -3.02. The van der Waals surface area contributed by atoms with Gasteiger partial charge in [-0.2, -0.15) is 0 Å². The van der Waals surface area contributed by atoms with E-state index < -0.39 is 11.5 Å². The van der Waals surface area contributed by atoms with Crippen molar-refractivity contribution < 1.29 is 19.4 Å². The SMILES string of the molecule is COc1ccc(CCNC(=O)C2(c3ccccc3)CCN(C(=O)O)CC2)cc1. The lowest BCUT2D eigenvalue weighted by molar-refractivity contribution is -0.128. The van der Waals surface area contributed by atoms with E-state index in [1.54, 1.807) is 7.11 Å². The predicted molar refractivity (Wildman–Crippen MR) is 107 cm³/mol. The molecule has 1 aliphatic rings. The average Bonchev–Trinajstić information content (AvgIpc) is 2.74. The zero-order chi connectivity index (χ0) is 20.0. The van der Waals surface area contributed by atoms with Gasteiger partial charge in [0, 0.05) is 19.6 Å². The predicted octanol–water partition coefficient (Wildman–Crippen LogP) is 3.07. The molecule has 0 atom stereocenters. The van der Waals surface area contributed by atoms with Crippen LogP contribution in [0.25, 0.3) is 0 Å². The fourth-order valence-electron chi connectivity index (χ4n) is 3.77. The summed E-state index contributed by atoms with van der Waals surface area (Å²) in [5.41, 5.74) is 1.38. The van der Waals surface area contributed by atoms with Crippen LogP contribution in [-0.4, -0.2) is 48.8 Å². The van der Waals surface area contributed by atoms with E-state index in [-0.39, 0.29) is 5.91 Å². The smallest absolute Gasteiger partial charge is 0.407 e. The third-order valence-electron chi connectivity index (χ3n) is 5.51. The van der Waals surface area contributed by atoms with Crippen LogP contribution in [0.2, 0.25) is 0 Å². The normalized spacial score (nSPS) is 15.7. The molecule has 2 amide bonds. The van der Waals surface area contributed by atoms with E-state index >= 15 is 0 Å². The van der Waals surface area contributed by atoms with Crippen molar-refractivity contribution in [1.82, 2.24) is 10.2 Å². The number of hydrogen-bond donors (Lipinski definition) is 2. The third kappa shape index (κ3) is 4.27. The number of nitrogens with one attached hydrogen (secondary N) is 1. The van der Waals surface area contributed by atoms with Crippen molar-refractivity contribution in [1.29, 1.82) is 0 Å². The molecule has 0 unspecified atom stereocenters. The summed E-state index contributed by atoms with van der Waals surface area (Å²) >= 11 is 0. The van der Waals surface area contributed by atoms with Crippen LogP contribution in [0.15, 0.2) is 54.6 Å². The Morgan fingerprint density at radius 1 is 1.07 bits per heavy atom. The molecule has 2 aromatic rings. The summed E-state index contributed by atoms with van der Waals surface area (Å²) < 4.78 is 5.16. The molecule has 1 aliphatic heterocycles. The first-order chi connectivity index (χ1) is 13.5. The number of carbonyl (C=O) groups excluding carboxylic acids is 1. The Morgan fingerprint density at radius 2 is 1.71 bits per heavy atom. The molecular formula is C22H26N2O4. The lowest BCUT2D eigenvalue weighted by Gasteiger charge is -2.40. The molecule has 0 radical (unpaired) electrons. The summed E-state index contributed by atoms with van der Waals surface area (Å²) in [4.78, 5) is 25.8. The zero-order valence-electron chi connectivity index (χ0n) is 16.1. The topological polar surface area (TPSA) is 78.9 Å². The number of benzene rings is 2. The molecular weight excluding hydrogens is 356 g/mol. The van der Waals surface area contributed by atoms with E-state index in [4.69, 9.17) is 4.74 Å². The maximum absolute atomic E-state index is 13.2. The summed E-state index contributed by atoms with van der Waals surface area (Å²) in [6.07, 6.45) is 0.763. The van der Waals surface area contributed by atoms with Crippen LogP contribution in [-0.2, 0) is 16.6 Å². The molecule has 1 heterocycles. The summed E-state index contributed by atoms with van der Waals surface area (Å²) in [6.45, 7) is 1.24. The molecule has 0 spiro atoms. The number of methoxy groups -OCH3 is 1. The van der Waals surface area contributed by atoms with Gasteiger partial charge in [-0.3, -0.25) is 4.79 Å². The van der Waals surface area contributed by atoms with Crippen LogP contribution in [0.5, 0.6) is 5.75 Å². The summed E-state index contributed by atoms with van der Waals surface area (Å²) in [6, 6.07) is 17.5. The fourth-order valence-corrected chi connectivity index (χ4v) is 3.77. The second kappa shape index (κ2) is 8.78. The maximum atomic E-state index is 13.2. The zero-order valence-corrected chi connectivity index (χ0v) is 16.1. The van der Waals surface area contributed by atoms with Gasteiger partial charge < -0.3 is 20.1 Å². The molecule has 0 aliphatic carbocycles. The van der Waals surface area contributed by atoms with E-state index in [0.29, 0.717) is 32.5 Å². The van der Waals surface area contributed by atoms with Gasteiger partial charge in [-0.25, -0.2) is 4.79 Å². The highest BCUT2D eigenvalue weighted by Crippen LogP contribution is 2.36. The summed E-state index contributed by atoms with van der Waals surface area (Å²) in [5.74, 6) is 0.776. The molecule has 0 bridgehead atoms. The van der Waals surface area contributed by atoms with Crippen LogP contribution in [0, 0.1) is 0 Å². The third-order valence-corrected chi connectivity index (χ3v) is 5.51. The van der Waals surface area contributed by atoms with Crippen molar-refractivity contribution in [3.05, 3.63) is 65.7 Å². The Labute approximate surface area is 165 Å². The van der Waals surface area contributed by atoms with Crippen LogP contribution >= 0.6 is 0 Å². The first-order valence-electron chi connectivity index (χ1n) is 9.50. The largest absolute Gasteiger partial charge is 0.497 e. The van der Waals surface area contributed by atoms with Crippen molar-refractivity contribution in [3.63, 3.8) is 0 Å². The highest BCUT2D eigenvalue weighted by atomic mass is 16.5. The summed E-state index contributed by atoms with van der Waals surface area (Å²) in [5, 5.41) is 12.3. The minimum Gasteiger partial charge on any atom is -0.497 e. The quantitative estimate of drug-likeness (QED) is 0.805. The second-order valence-electron chi connectivity index (χ2n) is 7.07.